The number of carbonyl (C=O) groups is 1. The van der Waals surface area contributed by atoms with Crippen LogP contribution in [-0.4, -0.2) is 17.0 Å². The Labute approximate surface area is 153 Å². The molecule has 0 heterocycles. The van der Waals surface area contributed by atoms with Gasteiger partial charge in [0, 0.05) is 19.3 Å². The molecule has 1 fully saturated rings. The molecule has 1 saturated carbocycles. The van der Waals surface area contributed by atoms with Crippen molar-refractivity contribution in [2.75, 3.05) is 0 Å². The average Bonchev–Trinajstić information content (AvgIpc) is 3.04. The molecule has 0 bridgehead atoms. The van der Waals surface area contributed by atoms with Gasteiger partial charge in [0.2, 0.25) is 5.92 Å². The normalized spacial score (nSPS) is 16.4. The van der Waals surface area contributed by atoms with E-state index in [1.807, 2.05) is 13.8 Å². The van der Waals surface area contributed by atoms with Gasteiger partial charge in [-0.25, -0.2) is 8.78 Å². The second kappa shape index (κ2) is 14.5. The van der Waals surface area contributed by atoms with Crippen LogP contribution in [0, 0.1) is 11.8 Å². The molecule has 1 atom stereocenters. The quantitative estimate of drug-likeness (QED) is 0.366. The number of hydrogen-bond donors (Lipinski definition) is 1. The Bertz CT molecular complexity index is 326. The molecule has 2 nitrogen and oxygen atoms in total. The van der Waals surface area contributed by atoms with E-state index in [1.165, 1.54) is 32.1 Å². The standard InChI is InChI=1S/C14H26F2.C7H14O2/c1-3-12(2)11-14(15,16)10-6-9-13-7-4-5-8-13;1-2-3-4-5-6-7(8)9/h12-13H,3-11H2,1-2H3;2-6H2,1H3,(H,8,9). The lowest BCUT2D eigenvalue weighted by Gasteiger charge is -2.20. The summed E-state index contributed by atoms with van der Waals surface area (Å²) in [4.78, 5) is 9.96. The minimum Gasteiger partial charge on any atom is -0.481 e. The second-order valence-electron chi connectivity index (χ2n) is 7.82. The summed E-state index contributed by atoms with van der Waals surface area (Å²) in [6.07, 6.45) is 12.5. The molecule has 0 spiro atoms. The Morgan fingerprint density at radius 2 is 1.76 bits per heavy atom. The van der Waals surface area contributed by atoms with Crippen molar-refractivity contribution in [2.45, 2.75) is 117 Å². The van der Waals surface area contributed by atoms with Crippen LogP contribution in [0.4, 0.5) is 8.78 Å². The van der Waals surface area contributed by atoms with Gasteiger partial charge in [0.1, 0.15) is 0 Å². The van der Waals surface area contributed by atoms with Crippen LogP contribution in [-0.2, 0) is 4.79 Å². The Balaban J connectivity index is 0.000000547. The summed E-state index contributed by atoms with van der Waals surface area (Å²) in [6, 6.07) is 0. The fraction of sp³-hybridized carbons (Fsp3) is 0.952. The van der Waals surface area contributed by atoms with Crippen molar-refractivity contribution in [2.24, 2.45) is 11.8 Å². The van der Waals surface area contributed by atoms with Crippen molar-refractivity contribution >= 4 is 5.97 Å². The lowest BCUT2D eigenvalue weighted by atomic mass is 9.94. The minimum atomic E-state index is -2.42. The molecule has 0 aromatic carbocycles. The zero-order chi connectivity index (χ0) is 19.1. The molecule has 1 unspecified atom stereocenters. The van der Waals surface area contributed by atoms with Crippen LogP contribution in [0.2, 0.25) is 0 Å². The van der Waals surface area contributed by atoms with Crippen LogP contribution < -0.4 is 0 Å². The third-order valence-electron chi connectivity index (χ3n) is 5.22. The van der Waals surface area contributed by atoms with Crippen molar-refractivity contribution in [3.05, 3.63) is 0 Å². The van der Waals surface area contributed by atoms with Gasteiger partial charge >= 0.3 is 5.97 Å². The van der Waals surface area contributed by atoms with Crippen molar-refractivity contribution in [1.29, 1.82) is 0 Å². The lowest BCUT2D eigenvalue weighted by Crippen LogP contribution is -2.19. The van der Waals surface area contributed by atoms with Gasteiger partial charge < -0.3 is 5.11 Å². The summed E-state index contributed by atoms with van der Waals surface area (Å²) in [6.45, 7) is 6.02. The number of carboxylic acids is 1. The van der Waals surface area contributed by atoms with E-state index in [2.05, 4.69) is 6.92 Å². The SMILES string of the molecule is CCC(C)CC(F)(F)CCCC1CCCC1.CCCCCCC(=O)O. The van der Waals surface area contributed by atoms with Gasteiger partial charge in [0.15, 0.2) is 0 Å². The maximum Gasteiger partial charge on any atom is 0.303 e. The fourth-order valence-corrected chi connectivity index (χ4v) is 3.41. The lowest BCUT2D eigenvalue weighted by molar-refractivity contribution is -0.137. The zero-order valence-corrected chi connectivity index (χ0v) is 16.7. The Hall–Kier alpha value is -0.670. The third kappa shape index (κ3) is 15.3. The first-order chi connectivity index (χ1) is 11.8. The molecule has 25 heavy (non-hydrogen) atoms. The van der Waals surface area contributed by atoms with Crippen LogP contribution in [0.1, 0.15) is 111 Å². The van der Waals surface area contributed by atoms with Crippen LogP contribution in [0.3, 0.4) is 0 Å². The Morgan fingerprint density at radius 3 is 2.28 bits per heavy atom. The van der Waals surface area contributed by atoms with Crippen molar-refractivity contribution < 1.29 is 18.7 Å². The molecule has 1 aliphatic rings. The summed E-state index contributed by atoms with van der Waals surface area (Å²) in [5.41, 5.74) is 0. The molecule has 1 aliphatic carbocycles. The highest BCUT2D eigenvalue weighted by molar-refractivity contribution is 5.66. The molecular formula is C21H40F2O2. The maximum atomic E-state index is 13.5. The summed E-state index contributed by atoms with van der Waals surface area (Å²) in [5.74, 6) is -2.19. The van der Waals surface area contributed by atoms with Gasteiger partial charge in [-0.05, 0) is 24.7 Å². The van der Waals surface area contributed by atoms with Crippen LogP contribution in [0.25, 0.3) is 0 Å². The minimum absolute atomic E-state index is 0.0775. The highest BCUT2D eigenvalue weighted by Gasteiger charge is 2.30. The fourth-order valence-electron chi connectivity index (χ4n) is 3.41. The maximum absolute atomic E-state index is 13.5. The molecule has 150 valence electrons. The van der Waals surface area contributed by atoms with E-state index in [-0.39, 0.29) is 18.8 Å². The predicted molar refractivity (Wildman–Crippen MR) is 101 cm³/mol. The molecule has 0 amide bonds. The molecule has 4 heteroatoms. The van der Waals surface area contributed by atoms with E-state index in [1.54, 1.807) is 0 Å². The number of alkyl halides is 2. The highest BCUT2D eigenvalue weighted by Crippen LogP contribution is 2.34. The first kappa shape index (κ1) is 24.3. The second-order valence-corrected chi connectivity index (χ2v) is 7.82. The van der Waals surface area contributed by atoms with Gasteiger partial charge in [-0.3, -0.25) is 4.79 Å². The Morgan fingerprint density at radius 1 is 1.12 bits per heavy atom. The van der Waals surface area contributed by atoms with Crippen molar-refractivity contribution in [1.82, 2.24) is 0 Å². The van der Waals surface area contributed by atoms with Gasteiger partial charge in [-0.2, -0.15) is 0 Å². The molecular weight excluding hydrogens is 322 g/mol. The molecule has 1 N–H and O–H groups in total. The number of hydrogen-bond acceptors (Lipinski definition) is 1. The van der Waals surface area contributed by atoms with E-state index < -0.39 is 11.9 Å². The smallest absolute Gasteiger partial charge is 0.303 e. The molecule has 0 aliphatic heterocycles. The topological polar surface area (TPSA) is 37.3 Å². The van der Waals surface area contributed by atoms with Gasteiger partial charge in [0.05, 0.1) is 0 Å². The summed E-state index contributed by atoms with van der Waals surface area (Å²) < 4.78 is 27.1. The van der Waals surface area contributed by atoms with Gasteiger partial charge in [-0.15, -0.1) is 0 Å². The van der Waals surface area contributed by atoms with Gasteiger partial charge in [0.25, 0.3) is 0 Å². The number of rotatable bonds is 12. The molecule has 0 aromatic heterocycles. The van der Waals surface area contributed by atoms with E-state index in [9.17, 15) is 13.6 Å². The summed E-state index contributed by atoms with van der Waals surface area (Å²) >= 11 is 0. The third-order valence-corrected chi connectivity index (χ3v) is 5.22. The monoisotopic (exact) mass is 362 g/mol. The van der Waals surface area contributed by atoms with Crippen LogP contribution >= 0.6 is 0 Å². The molecule has 0 radical (unpaired) electrons. The van der Waals surface area contributed by atoms with E-state index in [0.29, 0.717) is 12.8 Å². The molecule has 1 rings (SSSR count). The van der Waals surface area contributed by atoms with Crippen LogP contribution in [0.5, 0.6) is 0 Å². The number of halogens is 2. The zero-order valence-electron chi connectivity index (χ0n) is 16.7. The van der Waals surface area contributed by atoms with E-state index in [0.717, 1.165) is 38.0 Å². The van der Waals surface area contributed by atoms with E-state index >= 15 is 0 Å². The van der Waals surface area contributed by atoms with E-state index in [4.69, 9.17) is 5.11 Å². The Kier molecular flexibility index (Phi) is 14.1. The number of aliphatic carboxylic acids is 1. The summed E-state index contributed by atoms with van der Waals surface area (Å²) in [5, 5.41) is 8.21. The highest BCUT2D eigenvalue weighted by atomic mass is 19.3. The number of unbranched alkanes of at least 4 members (excludes halogenated alkanes) is 3. The number of carboxylic acid groups (broad SMARTS) is 1. The molecule has 0 aromatic rings. The molecule has 0 saturated heterocycles. The summed E-state index contributed by atoms with van der Waals surface area (Å²) in [7, 11) is 0. The first-order valence-corrected chi connectivity index (χ1v) is 10.4. The van der Waals surface area contributed by atoms with Crippen molar-refractivity contribution in [3.8, 4) is 0 Å². The van der Waals surface area contributed by atoms with Crippen LogP contribution in [0.15, 0.2) is 0 Å². The van der Waals surface area contributed by atoms with Crippen molar-refractivity contribution in [3.63, 3.8) is 0 Å². The average molecular weight is 363 g/mol. The first-order valence-electron chi connectivity index (χ1n) is 10.4. The largest absolute Gasteiger partial charge is 0.481 e. The van der Waals surface area contributed by atoms with Gasteiger partial charge in [-0.1, -0.05) is 78.6 Å². The predicted octanol–water partition coefficient (Wildman–Crippen LogP) is 7.46.